The summed E-state index contributed by atoms with van der Waals surface area (Å²) in [6, 6.07) is 2.80. The van der Waals surface area contributed by atoms with Gasteiger partial charge in [0.2, 0.25) is 0 Å². The van der Waals surface area contributed by atoms with Gasteiger partial charge in [-0.3, -0.25) is 0 Å². The molecule has 96 valence electrons. The maximum atomic E-state index is 5.73. The van der Waals surface area contributed by atoms with E-state index in [0.29, 0.717) is 11.5 Å². The summed E-state index contributed by atoms with van der Waals surface area (Å²) in [6.07, 6.45) is 3.63. The lowest BCUT2D eigenvalue weighted by atomic mass is 9.77. The second-order valence-corrected chi connectivity index (χ2v) is 6.28. The van der Waals surface area contributed by atoms with E-state index in [9.17, 15) is 0 Å². The van der Waals surface area contributed by atoms with Crippen LogP contribution in [0.15, 0.2) is 16.8 Å². The van der Waals surface area contributed by atoms with Crippen molar-refractivity contribution in [2.24, 2.45) is 5.41 Å². The smallest absolute Gasteiger partial charge is 0.0537 e. The Kier molecular flexibility index (Phi) is 4.60. The first-order valence-corrected chi connectivity index (χ1v) is 7.47. The summed E-state index contributed by atoms with van der Waals surface area (Å²) >= 11 is 1.79. The van der Waals surface area contributed by atoms with Gasteiger partial charge in [-0.2, -0.15) is 11.3 Å². The minimum Gasteiger partial charge on any atom is -0.381 e. The number of thiophene rings is 1. The molecule has 0 spiro atoms. The van der Waals surface area contributed by atoms with Crippen LogP contribution in [0.3, 0.4) is 0 Å². The van der Waals surface area contributed by atoms with E-state index in [4.69, 9.17) is 4.74 Å². The van der Waals surface area contributed by atoms with Crippen LogP contribution in [0.25, 0.3) is 0 Å². The van der Waals surface area contributed by atoms with Crippen molar-refractivity contribution >= 4 is 11.3 Å². The molecule has 1 atom stereocenters. The number of nitrogens with one attached hydrogen (secondary N) is 1. The highest BCUT2D eigenvalue weighted by Gasteiger charge is 2.33. The van der Waals surface area contributed by atoms with E-state index >= 15 is 0 Å². The molecule has 2 rings (SSSR count). The van der Waals surface area contributed by atoms with Crippen LogP contribution >= 0.6 is 11.3 Å². The van der Waals surface area contributed by atoms with Crippen molar-refractivity contribution < 1.29 is 4.74 Å². The number of hydrogen-bond donors (Lipinski definition) is 1. The summed E-state index contributed by atoms with van der Waals surface area (Å²) in [6.45, 7) is 7.33. The van der Waals surface area contributed by atoms with E-state index in [1.54, 1.807) is 11.3 Å². The molecule has 17 heavy (non-hydrogen) atoms. The fourth-order valence-corrected chi connectivity index (χ4v) is 3.17. The van der Waals surface area contributed by atoms with Crippen LogP contribution in [0.2, 0.25) is 0 Å². The highest BCUT2D eigenvalue weighted by Crippen LogP contribution is 2.32. The van der Waals surface area contributed by atoms with E-state index in [-0.39, 0.29) is 0 Å². The van der Waals surface area contributed by atoms with E-state index < -0.39 is 0 Å². The molecule has 1 aliphatic rings. The molecule has 0 amide bonds. The van der Waals surface area contributed by atoms with Crippen LogP contribution in [0.4, 0.5) is 0 Å². The van der Waals surface area contributed by atoms with Crippen LogP contribution in [0, 0.1) is 5.41 Å². The van der Waals surface area contributed by atoms with E-state index in [0.717, 1.165) is 26.2 Å². The Morgan fingerprint density at radius 1 is 1.53 bits per heavy atom. The summed E-state index contributed by atoms with van der Waals surface area (Å²) in [5.74, 6) is 0. The molecule has 0 radical (unpaired) electrons. The normalized spacial score (nSPS) is 25.4. The summed E-state index contributed by atoms with van der Waals surface area (Å²) in [5.41, 5.74) is 1.77. The van der Waals surface area contributed by atoms with Crippen LogP contribution in [0.1, 0.15) is 32.3 Å². The van der Waals surface area contributed by atoms with Crippen LogP contribution in [0.5, 0.6) is 0 Å². The fraction of sp³-hybridized carbons (Fsp3) is 0.714. The lowest BCUT2D eigenvalue weighted by Gasteiger charge is -2.38. The first-order chi connectivity index (χ1) is 8.20. The third-order valence-corrected chi connectivity index (χ3v) is 4.18. The molecule has 1 aromatic rings. The lowest BCUT2D eigenvalue weighted by Crippen LogP contribution is -2.44. The fourth-order valence-electron chi connectivity index (χ4n) is 2.50. The van der Waals surface area contributed by atoms with Gasteiger partial charge in [0.1, 0.15) is 0 Å². The first kappa shape index (κ1) is 13.1. The molecular weight excluding hydrogens is 230 g/mol. The van der Waals surface area contributed by atoms with Gasteiger partial charge in [-0.1, -0.05) is 13.8 Å². The van der Waals surface area contributed by atoms with Gasteiger partial charge in [0.25, 0.3) is 0 Å². The molecule has 3 heteroatoms. The molecule has 0 saturated carbocycles. The van der Waals surface area contributed by atoms with E-state index in [2.05, 4.69) is 36.0 Å². The van der Waals surface area contributed by atoms with Crippen molar-refractivity contribution in [2.45, 2.75) is 39.2 Å². The summed E-state index contributed by atoms with van der Waals surface area (Å²) in [5, 5.41) is 8.03. The number of hydrogen-bond acceptors (Lipinski definition) is 3. The third-order valence-electron chi connectivity index (χ3n) is 3.45. The molecule has 2 heterocycles. The minimum atomic E-state index is 0.309. The summed E-state index contributed by atoms with van der Waals surface area (Å²) in [7, 11) is 0. The van der Waals surface area contributed by atoms with Crippen molar-refractivity contribution in [3.8, 4) is 0 Å². The Bertz CT molecular complexity index is 315. The molecule has 2 nitrogen and oxygen atoms in total. The van der Waals surface area contributed by atoms with Gasteiger partial charge in [-0.05, 0) is 41.7 Å². The van der Waals surface area contributed by atoms with E-state index in [1.165, 1.54) is 18.4 Å². The Morgan fingerprint density at radius 3 is 3.00 bits per heavy atom. The van der Waals surface area contributed by atoms with Crippen molar-refractivity contribution in [1.29, 1.82) is 0 Å². The number of ether oxygens (including phenoxy) is 1. The van der Waals surface area contributed by atoms with Gasteiger partial charge in [-0.25, -0.2) is 0 Å². The topological polar surface area (TPSA) is 21.3 Å². The first-order valence-electron chi connectivity index (χ1n) is 6.52. The van der Waals surface area contributed by atoms with Crippen LogP contribution in [-0.2, 0) is 11.2 Å². The average molecular weight is 253 g/mol. The predicted molar refractivity (Wildman–Crippen MR) is 73.6 cm³/mol. The highest BCUT2D eigenvalue weighted by atomic mass is 32.1. The second kappa shape index (κ2) is 5.98. The van der Waals surface area contributed by atoms with Crippen LogP contribution in [-0.4, -0.2) is 25.8 Å². The highest BCUT2D eigenvalue weighted by molar-refractivity contribution is 7.07. The zero-order valence-corrected chi connectivity index (χ0v) is 11.7. The van der Waals surface area contributed by atoms with Crippen molar-refractivity contribution in [1.82, 2.24) is 5.32 Å². The zero-order valence-electron chi connectivity index (χ0n) is 10.9. The summed E-state index contributed by atoms with van der Waals surface area (Å²) in [4.78, 5) is 0. The average Bonchev–Trinajstić information content (AvgIpc) is 2.80. The molecule has 0 aromatic carbocycles. The monoisotopic (exact) mass is 253 g/mol. The Balaban J connectivity index is 2.00. The van der Waals surface area contributed by atoms with Crippen LogP contribution < -0.4 is 5.32 Å². The second-order valence-electron chi connectivity index (χ2n) is 5.50. The maximum absolute atomic E-state index is 5.73. The van der Waals surface area contributed by atoms with E-state index in [1.807, 2.05) is 0 Å². The molecule has 1 N–H and O–H groups in total. The Hall–Kier alpha value is -0.380. The zero-order chi connectivity index (χ0) is 12.1. The SMILES string of the molecule is CC(C)NCC1(Cc2ccsc2)CCCOC1. The molecule has 1 fully saturated rings. The van der Waals surface area contributed by atoms with Crippen molar-refractivity contribution in [3.05, 3.63) is 22.4 Å². The van der Waals surface area contributed by atoms with Crippen molar-refractivity contribution in [2.75, 3.05) is 19.8 Å². The molecule has 1 aliphatic heterocycles. The molecule has 0 bridgehead atoms. The van der Waals surface area contributed by atoms with Gasteiger partial charge in [0.15, 0.2) is 0 Å². The lowest BCUT2D eigenvalue weighted by molar-refractivity contribution is -0.00797. The molecule has 1 unspecified atom stereocenters. The molecule has 0 aliphatic carbocycles. The maximum Gasteiger partial charge on any atom is 0.0537 e. The van der Waals surface area contributed by atoms with Gasteiger partial charge in [-0.15, -0.1) is 0 Å². The summed E-state index contributed by atoms with van der Waals surface area (Å²) < 4.78 is 5.73. The standard InChI is InChI=1S/C14H23NOS/c1-12(2)15-10-14(5-3-6-16-11-14)8-13-4-7-17-9-13/h4,7,9,12,15H,3,5-6,8,10-11H2,1-2H3. The quantitative estimate of drug-likeness (QED) is 0.870. The van der Waals surface area contributed by atoms with Gasteiger partial charge in [0.05, 0.1) is 6.61 Å². The van der Waals surface area contributed by atoms with Gasteiger partial charge >= 0.3 is 0 Å². The third kappa shape index (κ3) is 3.80. The Labute approximate surface area is 108 Å². The largest absolute Gasteiger partial charge is 0.381 e. The van der Waals surface area contributed by atoms with Gasteiger partial charge in [0, 0.05) is 24.6 Å². The van der Waals surface area contributed by atoms with Gasteiger partial charge < -0.3 is 10.1 Å². The molecule has 1 saturated heterocycles. The van der Waals surface area contributed by atoms with Crippen molar-refractivity contribution in [3.63, 3.8) is 0 Å². The Morgan fingerprint density at radius 2 is 2.41 bits per heavy atom. The molecular formula is C14H23NOS. The predicted octanol–water partition coefficient (Wildman–Crippen LogP) is 3.09. The molecule has 1 aromatic heterocycles. The minimum absolute atomic E-state index is 0.309. The number of rotatable bonds is 5.